The van der Waals surface area contributed by atoms with Crippen LogP contribution in [0.2, 0.25) is 0 Å². The Morgan fingerprint density at radius 2 is 1.78 bits per heavy atom. The molecule has 1 aliphatic rings. The molecule has 0 unspecified atom stereocenters. The molecule has 1 saturated heterocycles. The topological polar surface area (TPSA) is 26.1 Å². The van der Waals surface area contributed by atoms with Crippen molar-refractivity contribution < 1.29 is 9.47 Å². The standard InChI is InChI=1S/C19H20N2O2/c1-22-16-7-5-15(6-8-16)18-14-19(20-10-12-23-13-11-20)17-4-2-3-9-21(17)18/h2-9,14H,10-13H2,1H3. The molecule has 1 fully saturated rings. The Hall–Kier alpha value is -2.46. The molecular weight excluding hydrogens is 288 g/mol. The van der Waals surface area contributed by atoms with E-state index in [0.717, 1.165) is 32.1 Å². The first-order valence-corrected chi connectivity index (χ1v) is 7.94. The van der Waals surface area contributed by atoms with Crippen molar-refractivity contribution in [3.63, 3.8) is 0 Å². The lowest BCUT2D eigenvalue weighted by molar-refractivity contribution is 0.123. The highest BCUT2D eigenvalue weighted by molar-refractivity contribution is 5.82. The van der Waals surface area contributed by atoms with Crippen LogP contribution in [0, 0.1) is 0 Å². The van der Waals surface area contributed by atoms with Crippen LogP contribution in [-0.4, -0.2) is 37.8 Å². The molecule has 0 amide bonds. The van der Waals surface area contributed by atoms with E-state index in [4.69, 9.17) is 9.47 Å². The molecule has 3 heterocycles. The summed E-state index contributed by atoms with van der Waals surface area (Å²) < 4.78 is 13.0. The van der Waals surface area contributed by atoms with Gasteiger partial charge in [-0.2, -0.15) is 0 Å². The second-order valence-corrected chi connectivity index (χ2v) is 5.70. The molecule has 0 N–H and O–H groups in total. The van der Waals surface area contributed by atoms with Crippen molar-refractivity contribution in [2.75, 3.05) is 38.3 Å². The number of fused-ring (bicyclic) bond motifs is 1. The van der Waals surface area contributed by atoms with E-state index in [-0.39, 0.29) is 0 Å². The number of morpholine rings is 1. The summed E-state index contributed by atoms with van der Waals surface area (Å²) in [6, 6.07) is 16.9. The summed E-state index contributed by atoms with van der Waals surface area (Å²) >= 11 is 0. The molecule has 23 heavy (non-hydrogen) atoms. The molecule has 2 aromatic heterocycles. The molecule has 3 aromatic rings. The Labute approximate surface area is 135 Å². The predicted octanol–water partition coefficient (Wildman–Crippen LogP) is 3.45. The minimum atomic E-state index is 0.794. The third kappa shape index (κ3) is 2.55. The largest absolute Gasteiger partial charge is 0.497 e. The van der Waals surface area contributed by atoms with Crippen LogP contribution in [0.4, 0.5) is 5.69 Å². The van der Waals surface area contributed by atoms with E-state index in [1.54, 1.807) is 7.11 Å². The fraction of sp³-hybridized carbons (Fsp3) is 0.263. The van der Waals surface area contributed by atoms with Crippen LogP contribution < -0.4 is 9.64 Å². The molecule has 118 valence electrons. The smallest absolute Gasteiger partial charge is 0.118 e. The van der Waals surface area contributed by atoms with Crippen molar-refractivity contribution in [1.29, 1.82) is 0 Å². The van der Waals surface area contributed by atoms with Crippen molar-refractivity contribution in [3.8, 4) is 17.0 Å². The average Bonchev–Trinajstić information content (AvgIpc) is 3.02. The molecule has 1 aliphatic heterocycles. The van der Waals surface area contributed by atoms with Gasteiger partial charge in [0.1, 0.15) is 5.75 Å². The van der Waals surface area contributed by atoms with Gasteiger partial charge in [-0.05, 0) is 48.0 Å². The number of hydrogen-bond acceptors (Lipinski definition) is 3. The van der Waals surface area contributed by atoms with Crippen LogP contribution in [-0.2, 0) is 4.74 Å². The Kier molecular flexibility index (Phi) is 3.67. The summed E-state index contributed by atoms with van der Waals surface area (Å²) in [5.74, 6) is 0.878. The summed E-state index contributed by atoms with van der Waals surface area (Å²) in [5.41, 5.74) is 4.90. The molecule has 1 aromatic carbocycles. The minimum absolute atomic E-state index is 0.794. The fourth-order valence-electron chi connectivity index (χ4n) is 3.18. The van der Waals surface area contributed by atoms with E-state index in [1.807, 2.05) is 12.1 Å². The molecule has 0 saturated carbocycles. The van der Waals surface area contributed by atoms with Crippen LogP contribution in [0.1, 0.15) is 0 Å². The summed E-state index contributed by atoms with van der Waals surface area (Å²) in [7, 11) is 1.69. The Bertz CT molecular complexity index is 802. The van der Waals surface area contributed by atoms with Crippen LogP contribution >= 0.6 is 0 Å². The third-order valence-corrected chi connectivity index (χ3v) is 4.39. The highest BCUT2D eigenvalue weighted by atomic mass is 16.5. The number of aromatic nitrogens is 1. The second-order valence-electron chi connectivity index (χ2n) is 5.70. The number of hydrogen-bond donors (Lipinski definition) is 0. The molecule has 4 rings (SSSR count). The van der Waals surface area contributed by atoms with E-state index in [2.05, 4.69) is 51.9 Å². The summed E-state index contributed by atoms with van der Waals surface area (Å²) in [4.78, 5) is 2.41. The number of anilines is 1. The normalized spacial score (nSPS) is 15.1. The van der Waals surface area contributed by atoms with Crippen LogP contribution in [0.5, 0.6) is 5.75 Å². The van der Waals surface area contributed by atoms with E-state index in [1.165, 1.54) is 22.5 Å². The number of nitrogens with zero attached hydrogens (tertiary/aromatic N) is 2. The lowest BCUT2D eigenvalue weighted by atomic mass is 10.1. The molecule has 0 radical (unpaired) electrons. The maximum atomic E-state index is 5.49. The van der Waals surface area contributed by atoms with E-state index in [9.17, 15) is 0 Å². The minimum Gasteiger partial charge on any atom is -0.497 e. The van der Waals surface area contributed by atoms with Crippen molar-refractivity contribution >= 4 is 11.2 Å². The molecule has 0 aliphatic carbocycles. The van der Waals surface area contributed by atoms with Crippen molar-refractivity contribution in [1.82, 2.24) is 4.40 Å². The highest BCUT2D eigenvalue weighted by Gasteiger charge is 2.17. The predicted molar refractivity (Wildman–Crippen MR) is 92.4 cm³/mol. The highest BCUT2D eigenvalue weighted by Crippen LogP contribution is 2.33. The molecule has 4 heteroatoms. The van der Waals surface area contributed by atoms with Gasteiger partial charge in [0, 0.05) is 19.3 Å². The summed E-state index contributed by atoms with van der Waals surface area (Å²) in [6.45, 7) is 3.47. The zero-order valence-corrected chi connectivity index (χ0v) is 13.2. The lowest BCUT2D eigenvalue weighted by Gasteiger charge is -2.28. The van der Waals surface area contributed by atoms with Gasteiger partial charge in [-0.1, -0.05) is 6.07 Å². The molecule has 0 atom stereocenters. The Balaban J connectivity index is 1.82. The van der Waals surface area contributed by atoms with Gasteiger partial charge in [0.05, 0.1) is 37.2 Å². The van der Waals surface area contributed by atoms with E-state index < -0.39 is 0 Å². The molecule has 4 nitrogen and oxygen atoms in total. The molecule has 0 bridgehead atoms. The fourth-order valence-corrected chi connectivity index (χ4v) is 3.18. The third-order valence-electron chi connectivity index (χ3n) is 4.39. The molecular formula is C19H20N2O2. The number of methoxy groups -OCH3 is 1. The first-order valence-electron chi connectivity index (χ1n) is 7.94. The number of benzene rings is 1. The SMILES string of the molecule is COc1ccc(-c2cc(N3CCOCC3)c3ccccn23)cc1. The van der Waals surface area contributed by atoms with Crippen molar-refractivity contribution in [3.05, 3.63) is 54.7 Å². The quantitative estimate of drug-likeness (QED) is 0.741. The summed E-state index contributed by atoms with van der Waals surface area (Å²) in [5, 5.41) is 0. The maximum absolute atomic E-state index is 5.49. The maximum Gasteiger partial charge on any atom is 0.118 e. The van der Waals surface area contributed by atoms with Crippen LogP contribution in [0.3, 0.4) is 0 Å². The monoisotopic (exact) mass is 308 g/mol. The van der Waals surface area contributed by atoms with E-state index in [0.29, 0.717) is 0 Å². The van der Waals surface area contributed by atoms with Gasteiger partial charge in [-0.15, -0.1) is 0 Å². The zero-order valence-electron chi connectivity index (χ0n) is 13.2. The van der Waals surface area contributed by atoms with Gasteiger partial charge in [0.2, 0.25) is 0 Å². The Morgan fingerprint density at radius 1 is 1.00 bits per heavy atom. The first-order chi connectivity index (χ1) is 11.4. The van der Waals surface area contributed by atoms with Crippen LogP contribution in [0.15, 0.2) is 54.7 Å². The van der Waals surface area contributed by atoms with Crippen LogP contribution in [0.25, 0.3) is 16.8 Å². The second kappa shape index (κ2) is 5.97. The lowest BCUT2D eigenvalue weighted by Crippen LogP contribution is -2.36. The van der Waals surface area contributed by atoms with Gasteiger partial charge in [-0.25, -0.2) is 0 Å². The van der Waals surface area contributed by atoms with Gasteiger partial charge in [0.25, 0.3) is 0 Å². The van der Waals surface area contributed by atoms with Gasteiger partial charge >= 0.3 is 0 Å². The average molecular weight is 308 g/mol. The van der Waals surface area contributed by atoms with Gasteiger partial charge in [-0.3, -0.25) is 0 Å². The first kappa shape index (κ1) is 14.2. The van der Waals surface area contributed by atoms with Crippen molar-refractivity contribution in [2.45, 2.75) is 0 Å². The molecule has 0 spiro atoms. The number of rotatable bonds is 3. The van der Waals surface area contributed by atoms with E-state index >= 15 is 0 Å². The zero-order chi connectivity index (χ0) is 15.6. The summed E-state index contributed by atoms with van der Waals surface area (Å²) in [6.07, 6.45) is 2.12. The number of pyridine rings is 1. The van der Waals surface area contributed by atoms with Gasteiger partial charge < -0.3 is 18.8 Å². The van der Waals surface area contributed by atoms with Crippen molar-refractivity contribution in [2.24, 2.45) is 0 Å². The number of ether oxygens (including phenoxy) is 2. The Morgan fingerprint density at radius 3 is 2.52 bits per heavy atom. The van der Waals surface area contributed by atoms with Gasteiger partial charge in [0.15, 0.2) is 0 Å².